The molecule has 0 bridgehead atoms. The first-order valence-electron chi connectivity index (χ1n) is 4.61. The first-order valence-corrected chi connectivity index (χ1v) is 4.61. The summed E-state index contributed by atoms with van der Waals surface area (Å²) in [5, 5.41) is 3.30. The maximum absolute atomic E-state index is 4.41. The Kier molecular flexibility index (Phi) is 2.55. The molecule has 3 nitrogen and oxygen atoms in total. The molecule has 1 aromatic rings. The molecule has 0 spiro atoms. The molecule has 0 aromatic carbocycles. The maximum Gasteiger partial charge on any atom is 0.101 e. The average Bonchev–Trinajstić information content (AvgIpc) is 2.21. The van der Waals surface area contributed by atoms with Gasteiger partial charge in [-0.1, -0.05) is 0 Å². The van der Waals surface area contributed by atoms with Crippen LogP contribution in [0.25, 0.3) is 0 Å². The van der Waals surface area contributed by atoms with Crippen molar-refractivity contribution < 1.29 is 0 Å². The number of aliphatic imine (C=N–C) groups is 1. The summed E-state index contributed by atoms with van der Waals surface area (Å²) >= 11 is 0. The monoisotopic (exact) mass is 175 g/mol. The number of hydrogen-bond acceptors (Lipinski definition) is 3. The molecule has 0 aliphatic carbocycles. The summed E-state index contributed by atoms with van der Waals surface area (Å²) in [6, 6.07) is 4.05. The highest BCUT2D eigenvalue weighted by molar-refractivity contribution is 5.84. The van der Waals surface area contributed by atoms with Gasteiger partial charge in [-0.2, -0.15) is 0 Å². The third-order valence-electron chi connectivity index (χ3n) is 2.09. The summed E-state index contributed by atoms with van der Waals surface area (Å²) in [7, 11) is 0. The van der Waals surface area contributed by atoms with E-state index in [0.29, 0.717) is 0 Å². The summed E-state index contributed by atoms with van der Waals surface area (Å²) in [6.07, 6.45) is 5.69. The number of nitrogens with one attached hydrogen (secondary N) is 1. The van der Waals surface area contributed by atoms with Gasteiger partial charge in [0.15, 0.2) is 0 Å². The van der Waals surface area contributed by atoms with Gasteiger partial charge in [-0.25, -0.2) is 0 Å². The van der Waals surface area contributed by atoms with Gasteiger partial charge in [0.2, 0.25) is 0 Å². The minimum Gasteiger partial charge on any atom is -0.373 e. The van der Waals surface area contributed by atoms with E-state index < -0.39 is 0 Å². The van der Waals surface area contributed by atoms with E-state index in [9.17, 15) is 0 Å². The Morgan fingerprint density at radius 3 is 2.85 bits per heavy atom. The van der Waals surface area contributed by atoms with Crippen molar-refractivity contribution in [3.05, 3.63) is 30.1 Å². The normalized spacial score (nSPS) is 16.2. The molecule has 1 N–H and O–H groups in total. The van der Waals surface area contributed by atoms with Crippen molar-refractivity contribution in [2.75, 3.05) is 13.1 Å². The van der Waals surface area contributed by atoms with Crippen LogP contribution in [0.15, 0.2) is 29.5 Å². The van der Waals surface area contributed by atoms with E-state index in [0.717, 1.165) is 31.8 Å². The molecule has 0 saturated carbocycles. The smallest absolute Gasteiger partial charge is 0.101 e. The second-order valence-corrected chi connectivity index (χ2v) is 3.14. The zero-order chi connectivity index (χ0) is 8.93. The van der Waals surface area contributed by atoms with Crippen molar-refractivity contribution in [1.29, 1.82) is 0 Å². The summed E-state index contributed by atoms with van der Waals surface area (Å²) in [6.45, 7) is 2.03. The van der Waals surface area contributed by atoms with Gasteiger partial charge in [-0.05, 0) is 24.1 Å². The van der Waals surface area contributed by atoms with Gasteiger partial charge in [-0.15, -0.1) is 0 Å². The highest BCUT2D eigenvalue weighted by atomic mass is 15.0. The number of aromatic nitrogens is 1. The van der Waals surface area contributed by atoms with Crippen LogP contribution in [0.1, 0.15) is 12.0 Å². The minimum atomic E-state index is 0.905. The van der Waals surface area contributed by atoms with Crippen LogP contribution in [0.3, 0.4) is 0 Å². The highest BCUT2D eigenvalue weighted by Gasteiger charge is 2.03. The van der Waals surface area contributed by atoms with E-state index in [1.807, 2.05) is 24.5 Å². The van der Waals surface area contributed by atoms with E-state index in [2.05, 4.69) is 15.3 Å². The van der Waals surface area contributed by atoms with Crippen LogP contribution in [0.4, 0.5) is 0 Å². The van der Waals surface area contributed by atoms with E-state index in [1.165, 1.54) is 5.56 Å². The van der Waals surface area contributed by atoms with Crippen LogP contribution in [0, 0.1) is 0 Å². The third kappa shape index (κ3) is 2.28. The summed E-state index contributed by atoms with van der Waals surface area (Å²) in [5.41, 5.74) is 1.27. The molecule has 13 heavy (non-hydrogen) atoms. The lowest BCUT2D eigenvalue weighted by molar-refractivity contribution is 0.731. The van der Waals surface area contributed by atoms with Crippen LogP contribution in [-0.4, -0.2) is 23.9 Å². The first kappa shape index (κ1) is 8.23. The van der Waals surface area contributed by atoms with Crippen LogP contribution in [-0.2, 0) is 6.42 Å². The van der Waals surface area contributed by atoms with Gasteiger partial charge in [0.25, 0.3) is 0 Å². The standard InChI is InChI=1S/C10H13N3/c1-4-12-10(13-5-1)8-9-2-6-11-7-3-9/h2-3,6-7H,1,4-5,8H2,(H,12,13). The Bertz CT molecular complexity index is 292. The van der Waals surface area contributed by atoms with Crippen molar-refractivity contribution in [2.24, 2.45) is 4.99 Å². The topological polar surface area (TPSA) is 37.3 Å². The lowest BCUT2D eigenvalue weighted by Gasteiger charge is -2.14. The molecule has 1 aromatic heterocycles. The van der Waals surface area contributed by atoms with E-state index in [4.69, 9.17) is 0 Å². The first-order chi connectivity index (χ1) is 6.45. The Hall–Kier alpha value is -1.38. The Labute approximate surface area is 77.9 Å². The molecule has 0 radical (unpaired) electrons. The minimum absolute atomic E-state index is 0.905. The number of amidine groups is 1. The average molecular weight is 175 g/mol. The molecule has 0 unspecified atom stereocenters. The molecule has 2 rings (SSSR count). The molecular formula is C10H13N3. The van der Waals surface area contributed by atoms with Crippen LogP contribution >= 0.6 is 0 Å². The van der Waals surface area contributed by atoms with Gasteiger partial charge in [0.1, 0.15) is 5.84 Å². The quantitative estimate of drug-likeness (QED) is 0.728. The van der Waals surface area contributed by atoms with E-state index in [-0.39, 0.29) is 0 Å². The zero-order valence-electron chi connectivity index (χ0n) is 7.53. The lowest BCUT2D eigenvalue weighted by Crippen LogP contribution is -2.30. The number of nitrogens with zero attached hydrogens (tertiary/aromatic N) is 2. The molecule has 1 aliphatic rings. The van der Waals surface area contributed by atoms with Gasteiger partial charge < -0.3 is 5.32 Å². The number of hydrogen-bond donors (Lipinski definition) is 1. The van der Waals surface area contributed by atoms with Crippen LogP contribution in [0.5, 0.6) is 0 Å². The van der Waals surface area contributed by atoms with Crippen molar-refractivity contribution in [3.8, 4) is 0 Å². The SMILES string of the molecule is c1cc(CC2=NCCCN2)ccn1. The Morgan fingerprint density at radius 2 is 2.15 bits per heavy atom. The van der Waals surface area contributed by atoms with Crippen molar-refractivity contribution in [3.63, 3.8) is 0 Å². The molecule has 0 fully saturated rings. The van der Waals surface area contributed by atoms with Gasteiger partial charge in [0.05, 0.1) is 0 Å². The summed E-state index contributed by atoms with van der Waals surface area (Å²) in [5.74, 6) is 1.11. The molecule has 2 heterocycles. The second kappa shape index (κ2) is 4.03. The van der Waals surface area contributed by atoms with Crippen molar-refractivity contribution in [1.82, 2.24) is 10.3 Å². The molecule has 0 saturated heterocycles. The third-order valence-corrected chi connectivity index (χ3v) is 2.09. The van der Waals surface area contributed by atoms with Gasteiger partial charge in [-0.3, -0.25) is 9.98 Å². The maximum atomic E-state index is 4.41. The van der Waals surface area contributed by atoms with Crippen LogP contribution in [0.2, 0.25) is 0 Å². The summed E-state index contributed by atoms with van der Waals surface area (Å²) < 4.78 is 0. The van der Waals surface area contributed by atoms with Crippen molar-refractivity contribution in [2.45, 2.75) is 12.8 Å². The van der Waals surface area contributed by atoms with E-state index in [1.54, 1.807) is 0 Å². The molecule has 68 valence electrons. The fourth-order valence-corrected chi connectivity index (χ4v) is 1.39. The van der Waals surface area contributed by atoms with E-state index >= 15 is 0 Å². The largest absolute Gasteiger partial charge is 0.373 e. The summed E-state index contributed by atoms with van der Waals surface area (Å²) in [4.78, 5) is 8.39. The number of pyridine rings is 1. The lowest BCUT2D eigenvalue weighted by atomic mass is 10.2. The van der Waals surface area contributed by atoms with Gasteiger partial charge >= 0.3 is 0 Å². The van der Waals surface area contributed by atoms with Crippen molar-refractivity contribution >= 4 is 5.84 Å². The predicted octanol–water partition coefficient (Wildman–Crippen LogP) is 1.02. The highest BCUT2D eigenvalue weighted by Crippen LogP contribution is 2.00. The van der Waals surface area contributed by atoms with Crippen LogP contribution < -0.4 is 5.32 Å². The second-order valence-electron chi connectivity index (χ2n) is 3.14. The zero-order valence-corrected chi connectivity index (χ0v) is 7.53. The Balaban J connectivity index is 2.01. The predicted molar refractivity (Wildman–Crippen MR) is 52.9 cm³/mol. The molecular weight excluding hydrogens is 162 g/mol. The molecule has 1 aliphatic heterocycles. The fourth-order valence-electron chi connectivity index (χ4n) is 1.39. The molecule has 0 amide bonds. The fraction of sp³-hybridized carbons (Fsp3) is 0.400. The molecule has 0 atom stereocenters. The Morgan fingerprint density at radius 1 is 1.31 bits per heavy atom. The van der Waals surface area contributed by atoms with Gasteiger partial charge in [0, 0.05) is 31.9 Å². The number of rotatable bonds is 2. The molecule has 3 heteroatoms.